The number of Topliss-reactive ketones (excluding diaryl/α,β-unsaturated/α-hetero) is 1. The number of aliphatic hydroxyl groups is 1. The SMILES string of the molecule is CCC(C)c1ccc(OC(C)(C)OCCC2CCCCC2)cc1.CCC(C)c1ccc(OC(C)OCCC2CCCCC2)cc1.CCC(OCC1CCC(C)CC1)Oc1ccc(C(C)CC)cc1.CCC(OCCC1CCCCC1)Oc1ccc(C(C)CC)cc1.CCOC(C)Oc1ccc(C(C)CC)cc1C(=O)CO. The molecule has 0 bridgehead atoms. The average molecular weight is 1540 g/mol. The summed E-state index contributed by atoms with van der Waals surface area (Å²) in [5.41, 5.74) is 6.99. The third-order valence-electron chi connectivity index (χ3n) is 23.9. The Morgan fingerprint density at radius 3 is 1.14 bits per heavy atom. The highest BCUT2D eigenvalue weighted by Crippen LogP contribution is 2.35. The Balaban J connectivity index is 0.000000248. The van der Waals surface area contributed by atoms with E-state index in [1.54, 1.807) is 19.1 Å². The van der Waals surface area contributed by atoms with Gasteiger partial charge in [-0.3, -0.25) is 4.79 Å². The molecule has 0 amide bonds. The van der Waals surface area contributed by atoms with Crippen LogP contribution in [-0.2, 0) is 23.7 Å². The Kier molecular flexibility index (Phi) is 47.8. The number of aliphatic hydroxyl groups excluding tert-OH is 1. The molecular weight excluding hydrogens is 1380 g/mol. The van der Waals surface area contributed by atoms with E-state index < -0.39 is 18.7 Å². The minimum absolute atomic E-state index is 0.118. The van der Waals surface area contributed by atoms with E-state index in [4.69, 9.17) is 52.5 Å². The van der Waals surface area contributed by atoms with Crippen molar-refractivity contribution in [2.75, 3.05) is 39.6 Å². The van der Waals surface area contributed by atoms with Crippen LogP contribution in [0.5, 0.6) is 28.7 Å². The number of ketones is 1. The molecule has 5 aromatic carbocycles. The summed E-state index contributed by atoms with van der Waals surface area (Å²) in [6, 6.07) is 39.5. The number of rotatable bonds is 41. The van der Waals surface area contributed by atoms with Crippen molar-refractivity contribution in [2.24, 2.45) is 29.6 Å². The van der Waals surface area contributed by atoms with Gasteiger partial charge in [0.25, 0.3) is 0 Å². The number of carbonyl (C=O) groups excluding carboxylic acids is 1. The zero-order valence-electron chi connectivity index (χ0n) is 73.2. The van der Waals surface area contributed by atoms with E-state index in [0.29, 0.717) is 47.5 Å². The van der Waals surface area contributed by atoms with Crippen LogP contribution in [0.4, 0.5) is 0 Å². The van der Waals surface area contributed by atoms with Crippen LogP contribution >= 0.6 is 0 Å². The fraction of sp³-hybridized carbons (Fsp3) is 0.687. The molecule has 5 aromatic rings. The highest BCUT2D eigenvalue weighted by molar-refractivity contribution is 5.99. The van der Waals surface area contributed by atoms with Gasteiger partial charge in [0.1, 0.15) is 35.4 Å². The van der Waals surface area contributed by atoms with E-state index in [-0.39, 0.29) is 24.7 Å². The lowest BCUT2D eigenvalue weighted by Gasteiger charge is -2.28. The summed E-state index contributed by atoms with van der Waals surface area (Å²) in [6.45, 7) is 41.7. The fourth-order valence-corrected chi connectivity index (χ4v) is 15.1. The number of hydrogen-bond acceptors (Lipinski definition) is 12. The first-order valence-electron chi connectivity index (χ1n) is 44.7. The lowest BCUT2D eigenvalue weighted by atomic mass is 9.83. The molecule has 0 saturated heterocycles. The van der Waals surface area contributed by atoms with Crippen LogP contribution in [-0.4, -0.2) is 81.5 Å². The Morgan fingerprint density at radius 2 is 0.748 bits per heavy atom. The van der Waals surface area contributed by atoms with Crippen LogP contribution in [0.15, 0.2) is 115 Å². The summed E-state index contributed by atoms with van der Waals surface area (Å²) >= 11 is 0. The molecule has 0 aromatic heterocycles. The summed E-state index contributed by atoms with van der Waals surface area (Å²) in [7, 11) is 0. The second kappa shape index (κ2) is 55.2. The van der Waals surface area contributed by atoms with E-state index in [9.17, 15) is 4.79 Å². The molecule has 12 heteroatoms. The van der Waals surface area contributed by atoms with Crippen LogP contribution in [0.3, 0.4) is 0 Å². The number of hydrogen-bond donors (Lipinski definition) is 1. The van der Waals surface area contributed by atoms with E-state index in [1.807, 2.05) is 33.8 Å². The minimum atomic E-state index is -0.563. The van der Waals surface area contributed by atoms with E-state index >= 15 is 0 Å². The summed E-state index contributed by atoms with van der Waals surface area (Å²) in [5, 5.41) is 9.10. The van der Waals surface area contributed by atoms with Crippen LogP contribution in [0.1, 0.15) is 379 Å². The molecular formula is C99H158O12. The molecule has 12 nitrogen and oxygen atoms in total. The third-order valence-corrected chi connectivity index (χ3v) is 23.9. The van der Waals surface area contributed by atoms with Crippen LogP contribution in [0, 0.1) is 29.6 Å². The predicted octanol–water partition coefficient (Wildman–Crippen LogP) is 27.8. The summed E-state index contributed by atoms with van der Waals surface area (Å²) in [6.07, 6.45) is 36.4. The molecule has 4 fully saturated rings. The second-order valence-electron chi connectivity index (χ2n) is 33.3. The van der Waals surface area contributed by atoms with Crippen molar-refractivity contribution in [3.63, 3.8) is 0 Å². The lowest BCUT2D eigenvalue weighted by Crippen LogP contribution is -2.32. The minimum Gasteiger partial charge on any atom is -0.465 e. The van der Waals surface area contributed by atoms with E-state index in [1.165, 1.54) is 183 Å². The van der Waals surface area contributed by atoms with E-state index in [2.05, 4.69) is 187 Å². The zero-order valence-corrected chi connectivity index (χ0v) is 73.2. The predicted molar refractivity (Wildman–Crippen MR) is 462 cm³/mol. The molecule has 9 atom stereocenters. The molecule has 0 radical (unpaired) electrons. The number of carbonyl (C=O) groups is 1. The maximum atomic E-state index is 11.9. The second-order valence-corrected chi connectivity index (χ2v) is 33.3. The van der Waals surface area contributed by atoms with Gasteiger partial charge in [-0.25, -0.2) is 0 Å². The van der Waals surface area contributed by atoms with Crippen molar-refractivity contribution in [2.45, 2.75) is 371 Å². The first kappa shape index (κ1) is 96.1. The van der Waals surface area contributed by atoms with Crippen LogP contribution in [0.25, 0.3) is 0 Å². The van der Waals surface area contributed by atoms with Crippen molar-refractivity contribution < 1.29 is 57.3 Å². The molecule has 4 aliphatic rings. The van der Waals surface area contributed by atoms with Gasteiger partial charge in [0.15, 0.2) is 30.9 Å². The maximum Gasteiger partial charge on any atom is 0.204 e. The smallest absolute Gasteiger partial charge is 0.204 e. The molecule has 626 valence electrons. The van der Waals surface area contributed by atoms with Gasteiger partial charge in [-0.05, 0) is 233 Å². The Hall–Kier alpha value is -5.47. The highest BCUT2D eigenvalue weighted by Gasteiger charge is 2.25. The van der Waals surface area contributed by atoms with Gasteiger partial charge in [-0.15, -0.1) is 0 Å². The van der Waals surface area contributed by atoms with Gasteiger partial charge in [-0.2, -0.15) is 0 Å². The first-order chi connectivity index (χ1) is 53.6. The lowest BCUT2D eigenvalue weighted by molar-refractivity contribution is -0.158. The zero-order chi connectivity index (χ0) is 80.8. The molecule has 4 aliphatic carbocycles. The van der Waals surface area contributed by atoms with Crippen molar-refractivity contribution in [1.29, 1.82) is 0 Å². The molecule has 0 spiro atoms. The van der Waals surface area contributed by atoms with Gasteiger partial charge in [0, 0.05) is 33.3 Å². The number of benzene rings is 5. The Labute approximate surface area is 677 Å². The topological polar surface area (TPSA) is 130 Å². The first-order valence-corrected chi connectivity index (χ1v) is 44.7. The largest absolute Gasteiger partial charge is 0.465 e. The molecule has 9 rings (SSSR count). The summed E-state index contributed by atoms with van der Waals surface area (Å²) in [4.78, 5) is 11.9. The van der Waals surface area contributed by atoms with Crippen LogP contribution in [0.2, 0.25) is 0 Å². The van der Waals surface area contributed by atoms with Gasteiger partial charge in [0.2, 0.25) is 5.79 Å². The van der Waals surface area contributed by atoms with Crippen molar-refractivity contribution in [1.82, 2.24) is 0 Å². The quantitative estimate of drug-likeness (QED) is 0.0295. The van der Waals surface area contributed by atoms with Gasteiger partial charge < -0.3 is 52.5 Å². The van der Waals surface area contributed by atoms with Crippen molar-refractivity contribution in [3.8, 4) is 28.7 Å². The maximum absolute atomic E-state index is 11.9. The van der Waals surface area contributed by atoms with Gasteiger partial charge in [-0.1, -0.05) is 254 Å². The molecule has 1 N–H and O–H groups in total. The van der Waals surface area contributed by atoms with Crippen molar-refractivity contribution in [3.05, 3.63) is 149 Å². The molecule has 9 unspecified atom stereocenters. The highest BCUT2D eigenvalue weighted by atomic mass is 16.7. The fourth-order valence-electron chi connectivity index (χ4n) is 15.1. The summed E-state index contributed by atoms with van der Waals surface area (Å²) in [5.74, 6) is 10.2. The van der Waals surface area contributed by atoms with Gasteiger partial charge >= 0.3 is 0 Å². The molecule has 4 saturated carbocycles. The summed E-state index contributed by atoms with van der Waals surface area (Å²) < 4.78 is 58.7. The monoisotopic (exact) mass is 1540 g/mol. The average Bonchev–Trinajstić information content (AvgIpc) is 0.830. The third kappa shape index (κ3) is 38.2. The van der Waals surface area contributed by atoms with Gasteiger partial charge in [0.05, 0.1) is 32.0 Å². The molecule has 0 heterocycles. The van der Waals surface area contributed by atoms with E-state index in [0.717, 1.165) is 110 Å². The number of ether oxygens (including phenoxy) is 10. The van der Waals surface area contributed by atoms with Crippen molar-refractivity contribution >= 4 is 5.78 Å². The Morgan fingerprint density at radius 1 is 0.387 bits per heavy atom. The molecule has 0 aliphatic heterocycles. The Bertz CT molecular complexity index is 3120. The van der Waals surface area contributed by atoms with Crippen LogP contribution < -0.4 is 23.7 Å². The normalized spacial score (nSPS) is 18.8. The standard InChI is InChI=1S/3C21H34O2.C20H32O2.C16H24O4/c1-5-17(2)19-11-13-20(14-12-19)23-21(3,4)22-16-15-18-9-7-6-8-10-18;1-5-17(4)19-11-13-20(14-12-19)23-21(6-2)22-15-18-9-7-16(3)8-10-18;1-4-17(3)19-11-13-20(14-12-19)23-21(5-2)22-16-15-18-9-7-6-8-10-18;1-4-16(2)19-10-12-20(13-11-19)22-17(3)21-15-14-18-8-6-5-7-9-18;1-5-11(3)13-7-8-16(20-12(4)19-6-2)14(9-13)15(18)10-17/h11-14,17-18H,5-10,15-16H2,1-4H3;11-14,16-18,21H,5-10,15H2,1-4H3;11-14,17-18,21H,4-10,15-16H2,1-3H3;10-13,16-18H,4-9,14-15H2,1-3H3;7-9,11-12,17H,5-6,10H2,1-4H3. The molecule has 111 heavy (non-hydrogen) atoms.